The molecule has 0 fully saturated rings. The van der Waals surface area contributed by atoms with E-state index in [1.807, 2.05) is 17.5 Å². The molecule has 1 heterocycles. The van der Waals surface area contributed by atoms with Gasteiger partial charge in [0.2, 0.25) is 10.0 Å². The highest BCUT2D eigenvalue weighted by Gasteiger charge is 2.40. The highest BCUT2D eigenvalue weighted by Crippen LogP contribution is 2.42. The van der Waals surface area contributed by atoms with Crippen LogP contribution in [-0.2, 0) is 24.3 Å². The molecule has 0 unspecified atom stereocenters. The summed E-state index contributed by atoms with van der Waals surface area (Å²) in [6.45, 7) is 1.95. The van der Waals surface area contributed by atoms with Crippen molar-refractivity contribution >= 4 is 44.4 Å². The average Bonchev–Trinajstić information content (AvgIpc) is 3.15. The van der Waals surface area contributed by atoms with Crippen LogP contribution in [0.15, 0.2) is 47.9 Å². The number of carbonyl (C=O) groups is 2. The lowest BCUT2D eigenvalue weighted by Crippen LogP contribution is -2.33. The fraction of sp³-hybridized carbons (Fsp3) is 0.300. The van der Waals surface area contributed by atoms with Gasteiger partial charge in [0.25, 0.3) is 0 Å². The molecule has 0 saturated heterocycles. The number of anilines is 1. The Balaban J connectivity index is 1.91. The number of benzene rings is 1. The van der Waals surface area contributed by atoms with E-state index in [9.17, 15) is 18.0 Å². The second-order valence-corrected chi connectivity index (χ2v) is 9.31. The Kier molecular flexibility index (Phi) is 6.00. The van der Waals surface area contributed by atoms with Crippen LogP contribution in [0.3, 0.4) is 0 Å². The third-order valence-corrected chi connectivity index (χ3v) is 6.08. The number of hydrogen-bond acceptors (Lipinski definition) is 6. The minimum Gasteiger partial charge on any atom is -0.465 e. The zero-order valence-electron chi connectivity index (χ0n) is 15.5. The molecule has 1 aliphatic rings. The van der Waals surface area contributed by atoms with Crippen LogP contribution in [0.25, 0.3) is 5.57 Å². The number of allylic oxidation sites excluding steroid dienone is 2. The van der Waals surface area contributed by atoms with Crippen LogP contribution >= 0.6 is 11.3 Å². The summed E-state index contributed by atoms with van der Waals surface area (Å²) in [5.41, 5.74) is 2.08. The molecule has 28 heavy (non-hydrogen) atoms. The van der Waals surface area contributed by atoms with Gasteiger partial charge in [0.05, 0.1) is 12.9 Å². The third-order valence-electron chi connectivity index (χ3n) is 4.47. The van der Waals surface area contributed by atoms with Crippen LogP contribution < -0.4 is 4.72 Å². The molecule has 148 valence electrons. The number of esters is 1. The second kappa shape index (κ2) is 8.28. The Labute approximate surface area is 168 Å². The maximum absolute atomic E-state index is 12.8. The van der Waals surface area contributed by atoms with E-state index in [0.717, 1.165) is 22.3 Å². The Morgan fingerprint density at radius 1 is 1.25 bits per heavy atom. The van der Waals surface area contributed by atoms with E-state index in [2.05, 4.69) is 4.72 Å². The van der Waals surface area contributed by atoms with Gasteiger partial charge in [-0.1, -0.05) is 18.2 Å². The Hall–Kier alpha value is -2.45. The van der Waals surface area contributed by atoms with Crippen LogP contribution in [0.5, 0.6) is 0 Å². The van der Waals surface area contributed by atoms with Gasteiger partial charge in [-0.3, -0.25) is 14.3 Å². The maximum atomic E-state index is 12.8. The molecule has 0 spiro atoms. The van der Waals surface area contributed by atoms with E-state index in [0.29, 0.717) is 12.1 Å². The number of carbonyl (C=O) groups excluding carboxylic acids is 2. The highest BCUT2D eigenvalue weighted by molar-refractivity contribution is 7.92. The van der Waals surface area contributed by atoms with Gasteiger partial charge < -0.3 is 4.74 Å². The number of rotatable bonds is 6. The summed E-state index contributed by atoms with van der Waals surface area (Å²) in [5.74, 6) is -1.88. The topological polar surface area (TPSA) is 89.5 Å². The molecule has 6 nitrogen and oxygen atoms in total. The van der Waals surface area contributed by atoms with E-state index >= 15 is 0 Å². The molecule has 3 rings (SSSR count). The first kappa shape index (κ1) is 20.3. The molecule has 0 saturated carbocycles. The SMILES string of the molecule is CCOC(=O)[C@H]1C(=O)C=C(c2ccc(NS(C)(=O)=O)cc2)C[C@H]1c1cccs1. The van der Waals surface area contributed by atoms with E-state index in [1.165, 1.54) is 17.4 Å². The van der Waals surface area contributed by atoms with Gasteiger partial charge in [-0.05, 0) is 54.1 Å². The first-order valence-electron chi connectivity index (χ1n) is 8.81. The van der Waals surface area contributed by atoms with E-state index in [-0.39, 0.29) is 18.3 Å². The standard InChI is InChI=1S/C20H21NO5S2/c1-3-26-20(23)19-16(18-5-4-10-27-18)11-14(12-17(19)22)13-6-8-15(9-7-13)21-28(2,24)25/h4-10,12,16,19,21H,3,11H2,1-2H3/t16-,19+/m0/s1. The van der Waals surface area contributed by atoms with Crippen LogP contribution in [0, 0.1) is 5.92 Å². The Morgan fingerprint density at radius 2 is 1.96 bits per heavy atom. The lowest BCUT2D eigenvalue weighted by molar-refractivity contribution is -0.151. The van der Waals surface area contributed by atoms with Gasteiger partial charge in [-0.15, -0.1) is 11.3 Å². The molecule has 0 bridgehead atoms. The third kappa shape index (κ3) is 4.69. The predicted molar refractivity (Wildman–Crippen MR) is 110 cm³/mol. The van der Waals surface area contributed by atoms with Gasteiger partial charge in [-0.2, -0.15) is 0 Å². The molecule has 1 aliphatic carbocycles. The highest BCUT2D eigenvalue weighted by atomic mass is 32.2. The largest absolute Gasteiger partial charge is 0.465 e. The lowest BCUT2D eigenvalue weighted by Gasteiger charge is -2.28. The Morgan fingerprint density at radius 3 is 2.54 bits per heavy atom. The van der Waals surface area contributed by atoms with E-state index in [4.69, 9.17) is 4.74 Å². The van der Waals surface area contributed by atoms with Crippen LogP contribution in [0.2, 0.25) is 0 Å². The van der Waals surface area contributed by atoms with Crippen molar-refractivity contribution in [1.29, 1.82) is 0 Å². The first-order chi connectivity index (χ1) is 13.3. The summed E-state index contributed by atoms with van der Waals surface area (Å²) in [7, 11) is -3.35. The normalized spacial score (nSPS) is 19.8. The Bertz CT molecular complexity index is 992. The number of sulfonamides is 1. The maximum Gasteiger partial charge on any atom is 0.317 e. The molecule has 1 N–H and O–H groups in total. The number of hydrogen-bond donors (Lipinski definition) is 1. The van der Waals surface area contributed by atoms with E-state index < -0.39 is 21.9 Å². The molecule has 1 aromatic heterocycles. The molecule has 8 heteroatoms. The van der Waals surface area contributed by atoms with Gasteiger partial charge in [0, 0.05) is 16.5 Å². The summed E-state index contributed by atoms with van der Waals surface area (Å²) >= 11 is 1.51. The van der Waals surface area contributed by atoms with Crippen molar-refractivity contribution in [3.05, 3.63) is 58.3 Å². The predicted octanol–water partition coefficient (Wildman–Crippen LogP) is 3.44. The van der Waals surface area contributed by atoms with Crippen molar-refractivity contribution in [2.75, 3.05) is 17.6 Å². The quantitative estimate of drug-likeness (QED) is 0.572. The van der Waals surface area contributed by atoms with Crippen molar-refractivity contribution < 1.29 is 22.7 Å². The van der Waals surface area contributed by atoms with E-state index in [1.54, 1.807) is 31.2 Å². The molecular weight excluding hydrogens is 398 g/mol. The van der Waals surface area contributed by atoms with Crippen LogP contribution in [-0.4, -0.2) is 33.0 Å². The molecule has 0 radical (unpaired) electrons. The number of ether oxygens (including phenoxy) is 1. The fourth-order valence-corrected chi connectivity index (χ4v) is 4.75. The second-order valence-electron chi connectivity index (χ2n) is 6.58. The monoisotopic (exact) mass is 419 g/mol. The molecule has 0 amide bonds. The minimum absolute atomic E-state index is 0.227. The summed E-state index contributed by atoms with van der Waals surface area (Å²) in [6.07, 6.45) is 3.11. The van der Waals surface area contributed by atoms with Crippen molar-refractivity contribution in [1.82, 2.24) is 0 Å². The van der Waals surface area contributed by atoms with Crippen molar-refractivity contribution in [3.8, 4) is 0 Å². The number of ketones is 1. The summed E-state index contributed by atoms with van der Waals surface area (Å²) in [5, 5.41) is 1.92. The molecule has 0 aliphatic heterocycles. The van der Waals surface area contributed by atoms with Crippen molar-refractivity contribution in [2.45, 2.75) is 19.3 Å². The number of nitrogens with one attached hydrogen (secondary N) is 1. The van der Waals surface area contributed by atoms with Gasteiger partial charge in [0.15, 0.2) is 5.78 Å². The lowest BCUT2D eigenvalue weighted by atomic mass is 9.76. The molecule has 2 atom stereocenters. The summed E-state index contributed by atoms with van der Waals surface area (Å²) in [6, 6.07) is 10.7. The average molecular weight is 420 g/mol. The van der Waals surface area contributed by atoms with Crippen molar-refractivity contribution in [2.24, 2.45) is 5.92 Å². The van der Waals surface area contributed by atoms with Gasteiger partial charge in [0.1, 0.15) is 5.92 Å². The molecular formula is C20H21NO5S2. The minimum atomic E-state index is -3.35. The zero-order chi connectivity index (χ0) is 20.3. The van der Waals surface area contributed by atoms with Crippen molar-refractivity contribution in [3.63, 3.8) is 0 Å². The van der Waals surface area contributed by atoms with Crippen LogP contribution in [0.1, 0.15) is 29.7 Å². The van der Waals surface area contributed by atoms with Gasteiger partial charge in [-0.25, -0.2) is 8.42 Å². The van der Waals surface area contributed by atoms with Crippen LogP contribution in [0.4, 0.5) is 5.69 Å². The smallest absolute Gasteiger partial charge is 0.317 e. The summed E-state index contributed by atoms with van der Waals surface area (Å²) < 4.78 is 30.2. The summed E-state index contributed by atoms with van der Waals surface area (Å²) in [4.78, 5) is 26.2. The van der Waals surface area contributed by atoms with Gasteiger partial charge >= 0.3 is 5.97 Å². The molecule has 2 aromatic rings. The first-order valence-corrected chi connectivity index (χ1v) is 11.6. The molecule has 1 aromatic carbocycles. The zero-order valence-corrected chi connectivity index (χ0v) is 17.2. The number of thiophene rings is 1. The fourth-order valence-electron chi connectivity index (χ4n) is 3.32.